The number of morpholine rings is 1. The standard InChI is InChI=1S/C21H18FN5O2/c22-16-3-1-2-14-17(4-5-24-19(14)16)27-12-25-20-15(21(23)28)10-13(11-18(20)27)26-6-8-29-9-7-26/h1-5,10-12H,6-9H2,(H2,23,28). The number of rotatable bonds is 3. The summed E-state index contributed by atoms with van der Waals surface area (Å²) >= 11 is 0. The zero-order valence-electron chi connectivity index (χ0n) is 15.5. The van der Waals surface area contributed by atoms with Gasteiger partial charge in [-0.15, -0.1) is 0 Å². The fourth-order valence-electron chi connectivity index (χ4n) is 3.82. The molecule has 29 heavy (non-hydrogen) atoms. The number of benzene rings is 2. The van der Waals surface area contributed by atoms with E-state index in [0.29, 0.717) is 29.7 Å². The van der Waals surface area contributed by atoms with Crippen LogP contribution in [0.4, 0.5) is 10.1 Å². The van der Waals surface area contributed by atoms with Crippen molar-refractivity contribution in [2.24, 2.45) is 5.73 Å². The summed E-state index contributed by atoms with van der Waals surface area (Å²) in [7, 11) is 0. The minimum Gasteiger partial charge on any atom is -0.378 e. The van der Waals surface area contributed by atoms with E-state index in [1.54, 1.807) is 30.7 Å². The number of carbonyl (C=O) groups excluding carboxylic acids is 1. The topological polar surface area (TPSA) is 86.3 Å². The van der Waals surface area contributed by atoms with Crippen LogP contribution in [-0.2, 0) is 4.74 Å². The molecule has 2 aromatic heterocycles. The molecule has 8 heteroatoms. The van der Waals surface area contributed by atoms with Gasteiger partial charge in [0.2, 0.25) is 0 Å². The van der Waals surface area contributed by atoms with Crippen LogP contribution in [0.25, 0.3) is 27.6 Å². The number of pyridine rings is 1. The maximum absolute atomic E-state index is 14.2. The van der Waals surface area contributed by atoms with Crippen molar-refractivity contribution in [3.05, 3.63) is 60.3 Å². The van der Waals surface area contributed by atoms with Gasteiger partial charge in [0.05, 0.1) is 30.0 Å². The Morgan fingerprint density at radius 1 is 1.10 bits per heavy atom. The maximum Gasteiger partial charge on any atom is 0.251 e. The van der Waals surface area contributed by atoms with Crippen molar-refractivity contribution < 1.29 is 13.9 Å². The lowest BCUT2D eigenvalue weighted by Crippen LogP contribution is -2.36. The molecule has 1 aliphatic rings. The molecule has 0 unspecified atom stereocenters. The highest BCUT2D eigenvalue weighted by atomic mass is 19.1. The number of amides is 1. The zero-order chi connectivity index (χ0) is 20.0. The van der Waals surface area contributed by atoms with Crippen LogP contribution in [0.2, 0.25) is 0 Å². The number of hydrogen-bond donors (Lipinski definition) is 1. The van der Waals surface area contributed by atoms with Crippen LogP contribution in [0.15, 0.2) is 48.9 Å². The van der Waals surface area contributed by atoms with Gasteiger partial charge in [-0.2, -0.15) is 0 Å². The molecule has 0 bridgehead atoms. The number of ether oxygens (including phenoxy) is 1. The number of nitrogens with two attached hydrogens (primary N) is 1. The molecule has 7 nitrogen and oxygen atoms in total. The summed E-state index contributed by atoms with van der Waals surface area (Å²) in [6.07, 6.45) is 3.19. The molecule has 2 N–H and O–H groups in total. The predicted molar refractivity (Wildman–Crippen MR) is 108 cm³/mol. The Labute approximate surface area is 165 Å². The van der Waals surface area contributed by atoms with Gasteiger partial charge in [-0.1, -0.05) is 12.1 Å². The van der Waals surface area contributed by atoms with Crippen molar-refractivity contribution >= 4 is 33.5 Å². The summed E-state index contributed by atoms with van der Waals surface area (Å²) in [6.45, 7) is 2.69. The number of imidazole rings is 1. The van der Waals surface area contributed by atoms with E-state index < -0.39 is 5.91 Å². The van der Waals surface area contributed by atoms with Crippen LogP contribution in [0.3, 0.4) is 0 Å². The molecule has 1 aliphatic heterocycles. The number of anilines is 1. The molecule has 1 fully saturated rings. The Balaban J connectivity index is 1.77. The molecule has 0 radical (unpaired) electrons. The van der Waals surface area contributed by atoms with Gasteiger partial charge in [0.1, 0.15) is 23.2 Å². The highest BCUT2D eigenvalue weighted by molar-refractivity contribution is 6.06. The molecule has 0 spiro atoms. The lowest BCUT2D eigenvalue weighted by molar-refractivity contribution is 0.100. The van der Waals surface area contributed by atoms with E-state index >= 15 is 0 Å². The quantitative estimate of drug-likeness (QED) is 0.580. The summed E-state index contributed by atoms with van der Waals surface area (Å²) in [4.78, 5) is 22.9. The maximum atomic E-state index is 14.2. The lowest BCUT2D eigenvalue weighted by atomic mass is 10.1. The molecule has 2 aromatic carbocycles. The number of carbonyl (C=O) groups is 1. The van der Waals surface area contributed by atoms with E-state index in [4.69, 9.17) is 10.5 Å². The summed E-state index contributed by atoms with van der Waals surface area (Å²) in [5.74, 6) is -0.929. The van der Waals surface area contributed by atoms with Crippen molar-refractivity contribution in [2.45, 2.75) is 0 Å². The van der Waals surface area contributed by atoms with E-state index in [-0.39, 0.29) is 11.3 Å². The van der Waals surface area contributed by atoms with Crippen LogP contribution < -0.4 is 10.6 Å². The number of para-hydroxylation sites is 1. The number of aromatic nitrogens is 3. The monoisotopic (exact) mass is 391 g/mol. The Kier molecular flexibility index (Phi) is 4.13. The second-order valence-corrected chi connectivity index (χ2v) is 6.91. The smallest absolute Gasteiger partial charge is 0.251 e. The van der Waals surface area contributed by atoms with Gasteiger partial charge in [-0.25, -0.2) is 9.37 Å². The van der Waals surface area contributed by atoms with Crippen molar-refractivity contribution in [1.29, 1.82) is 0 Å². The second-order valence-electron chi connectivity index (χ2n) is 6.91. The molecule has 1 saturated heterocycles. The molecular weight excluding hydrogens is 373 g/mol. The van der Waals surface area contributed by atoms with Gasteiger partial charge < -0.3 is 15.4 Å². The fourth-order valence-corrected chi connectivity index (χ4v) is 3.82. The minimum atomic E-state index is -0.541. The average Bonchev–Trinajstić information content (AvgIpc) is 3.17. The van der Waals surface area contributed by atoms with Gasteiger partial charge in [-0.05, 0) is 24.3 Å². The fraction of sp³-hybridized carbons (Fsp3) is 0.190. The van der Waals surface area contributed by atoms with Crippen LogP contribution in [0.1, 0.15) is 10.4 Å². The van der Waals surface area contributed by atoms with Gasteiger partial charge >= 0.3 is 0 Å². The third-order valence-corrected chi connectivity index (χ3v) is 5.24. The van der Waals surface area contributed by atoms with E-state index in [2.05, 4.69) is 14.9 Å². The predicted octanol–water partition coefficient (Wildman–Crippen LogP) is 2.65. The Morgan fingerprint density at radius 2 is 1.93 bits per heavy atom. The molecule has 0 atom stereocenters. The number of halogens is 1. The number of fused-ring (bicyclic) bond motifs is 2. The molecule has 146 valence electrons. The van der Waals surface area contributed by atoms with Crippen molar-refractivity contribution in [3.63, 3.8) is 0 Å². The summed E-state index contributed by atoms with van der Waals surface area (Å²) < 4.78 is 21.5. The number of hydrogen-bond acceptors (Lipinski definition) is 5. The van der Waals surface area contributed by atoms with Gasteiger partial charge in [-0.3, -0.25) is 14.3 Å². The van der Waals surface area contributed by atoms with E-state index in [1.807, 2.05) is 16.7 Å². The highest BCUT2D eigenvalue weighted by Crippen LogP contribution is 2.30. The SMILES string of the molecule is NC(=O)c1cc(N2CCOCC2)cc2c1ncn2-c1ccnc2c(F)cccc12. The van der Waals surface area contributed by atoms with Crippen molar-refractivity contribution in [1.82, 2.24) is 14.5 Å². The Hall–Kier alpha value is -3.52. The van der Waals surface area contributed by atoms with Crippen molar-refractivity contribution in [2.75, 3.05) is 31.2 Å². The molecule has 0 aliphatic carbocycles. The summed E-state index contributed by atoms with van der Waals surface area (Å²) in [5, 5.41) is 0.657. The average molecular weight is 391 g/mol. The van der Waals surface area contributed by atoms with E-state index in [0.717, 1.165) is 30.0 Å². The Morgan fingerprint density at radius 3 is 2.72 bits per heavy atom. The van der Waals surface area contributed by atoms with Crippen LogP contribution in [0.5, 0.6) is 0 Å². The van der Waals surface area contributed by atoms with Crippen LogP contribution in [0, 0.1) is 5.82 Å². The zero-order valence-corrected chi connectivity index (χ0v) is 15.5. The van der Waals surface area contributed by atoms with E-state index in [1.165, 1.54) is 6.07 Å². The van der Waals surface area contributed by atoms with Crippen LogP contribution in [-0.4, -0.2) is 46.7 Å². The lowest BCUT2D eigenvalue weighted by Gasteiger charge is -2.29. The summed E-state index contributed by atoms with van der Waals surface area (Å²) in [5.41, 5.74) is 9.12. The van der Waals surface area contributed by atoms with Gasteiger partial charge in [0.25, 0.3) is 5.91 Å². The minimum absolute atomic E-state index is 0.284. The molecule has 4 aromatic rings. The molecular formula is C21H18FN5O2. The second kappa shape index (κ2) is 6.82. The molecule has 5 rings (SSSR count). The number of nitrogens with zero attached hydrogens (tertiary/aromatic N) is 4. The van der Waals surface area contributed by atoms with Gasteiger partial charge in [0.15, 0.2) is 0 Å². The molecule has 1 amide bonds. The third-order valence-electron chi connectivity index (χ3n) is 5.24. The first-order valence-electron chi connectivity index (χ1n) is 9.30. The van der Waals surface area contributed by atoms with Crippen molar-refractivity contribution in [3.8, 4) is 5.69 Å². The van der Waals surface area contributed by atoms with E-state index in [9.17, 15) is 9.18 Å². The third kappa shape index (κ3) is 2.89. The summed E-state index contributed by atoms with van der Waals surface area (Å²) in [6, 6.07) is 10.4. The highest BCUT2D eigenvalue weighted by Gasteiger charge is 2.19. The Bertz CT molecular complexity index is 1250. The van der Waals surface area contributed by atoms with Crippen LogP contribution >= 0.6 is 0 Å². The van der Waals surface area contributed by atoms with Gasteiger partial charge in [0, 0.05) is 30.4 Å². The first kappa shape index (κ1) is 17.6. The first-order chi connectivity index (χ1) is 14.1. The molecule has 3 heterocycles. The largest absolute Gasteiger partial charge is 0.378 e. The molecule has 0 saturated carbocycles. The normalized spacial score (nSPS) is 14.6. The first-order valence-corrected chi connectivity index (χ1v) is 9.30. The number of primary amides is 1.